The molecule has 2 aromatic rings. The van der Waals surface area contributed by atoms with Crippen LogP contribution in [0.15, 0.2) is 61.2 Å². The van der Waals surface area contributed by atoms with Crippen molar-refractivity contribution in [1.82, 2.24) is 0 Å². The summed E-state index contributed by atoms with van der Waals surface area (Å²) in [5.41, 5.74) is 0.794. The van der Waals surface area contributed by atoms with Gasteiger partial charge < -0.3 is 23.7 Å². The van der Waals surface area contributed by atoms with E-state index in [1.807, 2.05) is 13.8 Å². The molecule has 0 saturated heterocycles. The van der Waals surface area contributed by atoms with E-state index in [9.17, 15) is 9.59 Å². The Kier molecular flexibility index (Phi) is 11.7. The molecular formula is C26H32O7. The Morgan fingerprint density at radius 1 is 0.848 bits per heavy atom. The minimum atomic E-state index is -0.503. The number of carbonyl (C=O) groups is 2. The average molecular weight is 457 g/mol. The van der Waals surface area contributed by atoms with E-state index < -0.39 is 11.9 Å². The second kappa shape index (κ2) is 14.8. The van der Waals surface area contributed by atoms with Gasteiger partial charge >= 0.3 is 11.9 Å². The molecule has 0 aliphatic heterocycles. The summed E-state index contributed by atoms with van der Waals surface area (Å²) in [5, 5.41) is 0. The molecule has 7 nitrogen and oxygen atoms in total. The lowest BCUT2D eigenvalue weighted by molar-refractivity contribution is 0.0447. The van der Waals surface area contributed by atoms with Crippen LogP contribution in [0.25, 0.3) is 0 Å². The monoisotopic (exact) mass is 456 g/mol. The Labute approximate surface area is 195 Å². The second-order valence-corrected chi connectivity index (χ2v) is 7.37. The van der Waals surface area contributed by atoms with Gasteiger partial charge in [0, 0.05) is 0 Å². The van der Waals surface area contributed by atoms with E-state index in [4.69, 9.17) is 23.7 Å². The molecule has 1 unspecified atom stereocenters. The average Bonchev–Trinajstić information content (AvgIpc) is 2.84. The van der Waals surface area contributed by atoms with Gasteiger partial charge in [0.25, 0.3) is 0 Å². The van der Waals surface area contributed by atoms with Crippen molar-refractivity contribution in [2.75, 3.05) is 39.6 Å². The summed E-state index contributed by atoms with van der Waals surface area (Å²) in [5.74, 6) is 0.379. The van der Waals surface area contributed by atoms with Gasteiger partial charge in [0.1, 0.15) is 18.1 Å². The summed E-state index contributed by atoms with van der Waals surface area (Å²) in [7, 11) is 0. The van der Waals surface area contributed by atoms with Gasteiger partial charge in [-0.1, -0.05) is 26.3 Å². The van der Waals surface area contributed by atoms with E-state index >= 15 is 0 Å². The number of carbonyl (C=O) groups excluding carboxylic acids is 2. The molecule has 33 heavy (non-hydrogen) atoms. The van der Waals surface area contributed by atoms with Crippen molar-refractivity contribution in [3.05, 3.63) is 72.3 Å². The molecule has 0 N–H and O–H groups in total. The quantitative estimate of drug-likeness (QED) is 0.166. The minimum absolute atomic E-state index is 0.312. The first-order valence-corrected chi connectivity index (χ1v) is 11.0. The zero-order chi connectivity index (χ0) is 23.9. The van der Waals surface area contributed by atoms with Crippen molar-refractivity contribution in [1.29, 1.82) is 0 Å². The van der Waals surface area contributed by atoms with Crippen LogP contribution in [0, 0.1) is 5.92 Å². The fourth-order valence-corrected chi connectivity index (χ4v) is 2.54. The van der Waals surface area contributed by atoms with Crippen LogP contribution >= 0.6 is 0 Å². The van der Waals surface area contributed by atoms with Gasteiger partial charge in [-0.15, -0.1) is 6.58 Å². The van der Waals surface area contributed by atoms with Crippen LogP contribution in [0.3, 0.4) is 0 Å². The maximum absolute atomic E-state index is 12.4. The second-order valence-electron chi connectivity index (χ2n) is 7.37. The molecule has 0 radical (unpaired) electrons. The predicted molar refractivity (Wildman–Crippen MR) is 125 cm³/mol. The lowest BCUT2D eigenvalue weighted by Gasteiger charge is -2.10. The van der Waals surface area contributed by atoms with Gasteiger partial charge in [0.15, 0.2) is 0 Å². The number of ether oxygens (including phenoxy) is 5. The summed E-state index contributed by atoms with van der Waals surface area (Å²) >= 11 is 0. The molecule has 0 amide bonds. The molecule has 0 bridgehead atoms. The lowest BCUT2D eigenvalue weighted by atomic mass is 10.1. The smallest absolute Gasteiger partial charge is 0.343 e. The molecule has 2 aromatic carbocycles. The Morgan fingerprint density at radius 2 is 1.42 bits per heavy atom. The Morgan fingerprint density at radius 3 is 2.06 bits per heavy atom. The van der Waals surface area contributed by atoms with Gasteiger partial charge in [-0.05, 0) is 54.4 Å². The van der Waals surface area contributed by atoms with Crippen molar-refractivity contribution < 1.29 is 33.3 Å². The molecule has 0 saturated carbocycles. The third kappa shape index (κ3) is 9.89. The third-order valence-corrected chi connectivity index (χ3v) is 4.69. The molecular weight excluding hydrogens is 424 g/mol. The van der Waals surface area contributed by atoms with Gasteiger partial charge in [-0.2, -0.15) is 0 Å². The molecule has 0 aromatic heterocycles. The van der Waals surface area contributed by atoms with E-state index in [1.54, 1.807) is 54.6 Å². The number of benzene rings is 2. The zero-order valence-corrected chi connectivity index (χ0v) is 19.3. The molecule has 0 aliphatic rings. The first-order valence-electron chi connectivity index (χ1n) is 11.0. The normalized spacial score (nSPS) is 11.5. The highest BCUT2D eigenvalue weighted by molar-refractivity contribution is 5.92. The van der Waals surface area contributed by atoms with Crippen LogP contribution in [0.5, 0.6) is 11.5 Å². The van der Waals surface area contributed by atoms with Crippen molar-refractivity contribution in [2.24, 2.45) is 5.92 Å². The molecule has 2 rings (SSSR count). The summed E-state index contributed by atoms with van der Waals surface area (Å²) in [6, 6.07) is 12.9. The summed E-state index contributed by atoms with van der Waals surface area (Å²) in [4.78, 5) is 24.4. The Hall–Kier alpha value is -3.16. The predicted octanol–water partition coefficient (Wildman–Crippen LogP) is 4.71. The molecule has 0 spiro atoms. The molecule has 178 valence electrons. The fraction of sp³-hybridized carbons (Fsp3) is 0.385. The maximum Gasteiger partial charge on any atom is 0.343 e. The highest BCUT2D eigenvalue weighted by Crippen LogP contribution is 2.17. The molecule has 7 heteroatoms. The highest BCUT2D eigenvalue weighted by atomic mass is 16.5. The van der Waals surface area contributed by atoms with Crippen molar-refractivity contribution in [3.63, 3.8) is 0 Å². The maximum atomic E-state index is 12.4. The fourth-order valence-electron chi connectivity index (χ4n) is 2.54. The van der Waals surface area contributed by atoms with Crippen LogP contribution in [0.4, 0.5) is 0 Å². The number of hydrogen-bond donors (Lipinski definition) is 0. The van der Waals surface area contributed by atoms with E-state index in [-0.39, 0.29) is 0 Å². The highest BCUT2D eigenvalue weighted by Gasteiger charge is 2.12. The van der Waals surface area contributed by atoms with Crippen LogP contribution in [-0.2, 0) is 14.2 Å². The molecule has 0 fully saturated rings. The minimum Gasteiger partial charge on any atom is -0.491 e. The third-order valence-electron chi connectivity index (χ3n) is 4.69. The molecule has 0 heterocycles. The largest absolute Gasteiger partial charge is 0.491 e. The molecule has 1 atom stereocenters. The van der Waals surface area contributed by atoms with Gasteiger partial charge in [-0.3, -0.25) is 0 Å². The summed E-state index contributed by atoms with van der Waals surface area (Å²) in [6.45, 7) is 10.3. The first kappa shape index (κ1) is 26.1. The van der Waals surface area contributed by atoms with Gasteiger partial charge in [0.05, 0.1) is 44.2 Å². The standard InChI is InChI=1S/C26H32O7/c1-4-14-29-15-16-30-17-18-31-23-10-6-22(7-11-23)26(28)33-24-12-8-21(9-13-24)25(27)32-19-20(3)5-2/h4,6-13,20H,1,5,14-19H2,2-3H3. The van der Waals surface area contributed by atoms with Crippen molar-refractivity contribution in [3.8, 4) is 11.5 Å². The summed E-state index contributed by atoms with van der Waals surface area (Å²) in [6.07, 6.45) is 2.63. The van der Waals surface area contributed by atoms with E-state index in [0.29, 0.717) is 68.2 Å². The summed E-state index contributed by atoms with van der Waals surface area (Å²) < 4.78 is 26.8. The van der Waals surface area contributed by atoms with Crippen molar-refractivity contribution >= 4 is 11.9 Å². The van der Waals surface area contributed by atoms with Crippen molar-refractivity contribution in [2.45, 2.75) is 20.3 Å². The van der Waals surface area contributed by atoms with Crippen LogP contribution < -0.4 is 9.47 Å². The van der Waals surface area contributed by atoms with E-state index in [2.05, 4.69) is 6.58 Å². The van der Waals surface area contributed by atoms with Crippen LogP contribution in [0.2, 0.25) is 0 Å². The number of esters is 2. The van der Waals surface area contributed by atoms with Crippen LogP contribution in [0.1, 0.15) is 41.0 Å². The zero-order valence-electron chi connectivity index (χ0n) is 19.3. The van der Waals surface area contributed by atoms with Gasteiger partial charge in [0.2, 0.25) is 0 Å². The van der Waals surface area contributed by atoms with E-state index in [1.165, 1.54) is 0 Å². The SMILES string of the molecule is C=CCOCCOCCOc1ccc(C(=O)Oc2ccc(C(=O)OCC(C)CC)cc2)cc1. The first-order chi connectivity index (χ1) is 16.0. The van der Waals surface area contributed by atoms with E-state index in [0.717, 1.165) is 6.42 Å². The lowest BCUT2D eigenvalue weighted by Crippen LogP contribution is -2.12. The topological polar surface area (TPSA) is 80.3 Å². The molecule has 0 aliphatic carbocycles. The van der Waals surface area contributed by atoms with Gasteiger partial charge in [-0.25, -0.2) is 9.59 Å². The number of hydrogen-bond acceptors (Lipinski definition) is 7. The Bertz CT molecular complexity index is 859. The number of rotatable bonds is 15. The Balaban J connectivity index is 1.74. The van der Waals surface area contributed by atoms with Crippen LogP contribution in [-0.4, -0.2) is 51.6 Å².